The van der Waals surface area contributed by atoms with Crippen molar-refractivity contribution in [2.45, 2.75) is 6.61 Å². The summed E-state index contributed by atoms with van der Waals surface area (Å²) in [4.78, 5) is 28.5. The number of nitrogens with zero attached hydrogens (tertiary/aromatic N) is 3. The summed E-state index contributed by atoms with van der Waals surface area (Å²) in [6.07, 6.45) is 1.55. The van der Waals surface area contributed by atoms with Crippen LogP contribution >= 0.6 is 45.2 Å². The lowest BCUT2D eigenvalue weighted by molar-refractivity contribution is -0.384. The first-order valence-corrected chi connectivity index (χ1v) is 14.2. The molecule has 5 aromatic rings. The molecule has 0 aliphatic heterocycles. The molecule has 0 atom stereocenters. The monoisotopic (exact) mass is 754 g/mol. The summed E-state index contributed by atoms with van der Waals surface area (Å²) >= 11 is 4.40. The third kappa shape index (κ3) is 6.45. The van der Waals surface area contributed by atoms with Gasteiger partial charge < -0.3 is 4.74 Å². The number of amides is 1. The number of non-ortho nitro benzene ring substituents is 1. The van der Waals surface area contributed by atoms with Crippen LogP contribution in [0.25, 0.3) is 22.2 Å². The molecule has 0 fully saturated rings. The SMILES string of the molecule is O=C(N/N=C\c1cc(I)cc(I)c1OCc1ccc([N+](=O)[O-])cc1)c1cc(-c2ccccc2)nc2ccccc12. The molecule has 0 aliphatic carbocycles. The summed E-state index contributed by atoms with van der Waals surface area (Å²) in [7, 11) is 0. The highest BCUT2D eigenvalue weighted by Crippen LogP contribution is 2.29. The van der Waals surface area contributed by atoms with Crippen LogP contribution in [0.1, 0.15) is 21.5 Å². The molecule has 0 saturated heterocycles. The normalized spacial score (nSPS) is 11.1. The summed E-state index contributed by atoms with van der Waals surface area (Å²) in [6, 6.07) is 29.1. The van der Waals surface area contributed by atoms with E-state index in [1.807, 2.05) is 66.7 Å². The molecule has 0 aliphatic rings. The molecule has 1 aromatic heterocycles. The third-order valence-electron chi connectivity index (χ3n) is 5.97. The Morgan fingerprint density at radius 3 is 2.45 bits per heavy atom. The number of carbonyl (C=O) groups is 1. The maximum atomic E-state index is 13.3. The molecule has 10 heteroatoms. The van der Waals surface area contributed by atoms with Crippen molar-refractivity contribution in [1.29, 1.82) is 0 Å². The van der Waals surface area contributed by atoms with Crippen LogP contribution < -0.4 is 10.2 Å². The minimum absolute atomic E-state index is 0.0222. The van der Waals surface area contributed by atoms with E-state index in [0.29, 0.717) is 28.1 Å². The number of ether oxygens (including phenoxy) is 1. The van der Waals surface area contributed by atoms with Gasteiger partial charge in [-0.3, -0.25) is 14.9 Å². The Hall–Kier alpha value is -3.91. The van der Waals surface area contributed by atoms with E-state index in [4.69, 9.17) is 9.72 Å². The predicted octanol–water partition coefficient (Wildman–Crippen LogP) is 7.36. The van der Waals surface area contributed by atoms with Crippen molar-refractivity contribution in [3.63, 3.8) is 0 Å². The van der Waals surface area contributed by atoms with E-state index in [2.05, 4.69) is 55.7 Å². The van der Waals surface area contributed by atoms with E-state index in [0.717, 1.165) is 23.7 Å². The molecule has 4 aromatic carbocycles. The van der Waals surface area contributed by atoms with Crippen molar-refractivity contribution in [2.75, 3.05) is 0 Å². The third-order valence-corrected chi connectivity index (χ3v) is 7.39. The van der Waals surface area contributed by atoms with Gasteiger partial charge in [0.25, 0.3) is 11.6 Å². The van der Waals surface area contributed by atoms with Gasteiger partial charge in [-0.25, -0.2) is 10.4 Å². The highest BCUT2D eigenvalue weighted by molar-refractivity contribution is 14.1. The number of nitro benzene ring substituents is 1. The van der Waals surface area contributed by atoms with Gasteiger partial charge >= 0.3 is 0 Å². The molecular weight excluding hydrogens is 734 g/mol. The second-order valence-electron chi connectivity index (χ2n) is 8.66. The number of fused-ring (bicyclic) bond motifs is 1. The molecule has 0 radical (unpaired) electrons. The number of halogens is 2. The summed E-state index contributed by atoms with van der Waals surface area (Å²) in [5.41, 5.74) is 6.94. The maximum Gasteiger partial charge on any atom is 0.272 e. The molecule has 0 spiro atoms. The van der Waals surface area contributed by atoms with Crippen molar-refractivity contribution in [3.05, 3.63) is 131 Å². The molecule has 0 saturated carbocycles. The predicted molar refractivity (Wildman–Crippen MR) is 172 cm³/mol. The Balaban J connectivity index is 1.38. The molecule has 0 unspecified atom stereocenters. The van der Waals surface area contributed by atoms with Crippen LogP contribution in [0.3, 0.4) is 0 Å². The second kappa shape index (κ2) is 12.5. The van der Waals surface area contributed by atoms with Crippen molar-refractivity contribution in [2.24, 2.45) is 5.10 Å². The minimum Gasteiger partial charge on any atom is -0.487 e. The van der Waals surface area contributed by atoms with Gasteiger partial charge in [0.15, 0.2) is 0 Å². The number of hydrazone groups is 1. The van der Waals surface area contributed by atoms with Crippen LogP contribution in [0, 0.1) is 17.3 Å². The van der Waals surface area contributed by atoms with Gasteiger partial charge in [0, 0.05) is 32.2 Å². The van der Waals surface area contributed by atoms with Gasteiger partial charge in [-0.2, -0.15) is 5.10 Å². The zero-order chi connectivity index (χ0) is 28.1. The Bertz CT molecular complexity index is 1740. The standard InChI is InChI=1S/C30H20I2N4O4/c31-22-14-21(29(26(32)15-22)40-18-19-10-12-23(13-11-19)36(38)39)17-33-35-30(37)25-16-28(20-6-2-1-3-7-20)34-27-9-5-4-8-24(25)27/h1-17H,18H2,(H,35,37)/b33-17-. The summed E-state index contributed by atoms with van der Waals surface area (Å²) < 4.78 is 7.93. The second-order valence-corrected chi connectivity index (χ2v) is 11.1. The average molecular weight is 754 g/mol. The van der Waals surface area contributed by atoms with Crippen LogP contribution in [-0.4, -0.2) is 22.0 Å². The van der Waals surface area contributed by atoms with E-state index >= 15 is 0 Å². The van der Waals surface area contributed by atoms with E-state index in [1.54, 1.807) is 24.4 Å². The fourth-order valence-corrected chi connectivity index (χ4v) is 6.08. The first-order chi connectivity index (χ1) is 19.4. The molecule has 198 valence electrons. The van der Waals surface area contributed by atoms with Gasteiger partial charge in [0.05, 0.1) is 31.5 Å². The highest BCUT2D eigenvalue weighted by Gasteiger charge is 2.14. The zero-order valence-corrected chi connectivity index (χ0v) is 25.1. The number of benzene rings is 4. The van der Waals surface area contributed by atoms with Crippen molar-refractivity contribution >= 4 is 73.9 Å². The molecule has 40 heavy (non-hydrogen) atoms. The van der Waals surface area contributed by atoms with Gasteiger partial charge in [-0.05, 0) is 87.1 Å². The molecular formula is C30H20I2N4O4. The highest BCUT2D eigenvalue weighted by atomic mass is 127. The quantitative estimate of drug-likeness (QED) is 0.0772. The largest absolute Gasteiger partial charge is 0.487 e. The summed E-state index contributed by atoms with van der Waals surface area (Å²) in [6.45, 7) is 0.215. The summed E-state index contributed by atoms with van der Waals surface area (Å²) in [5.74, 6) is 0.235. The van der Waals surface area contributed by atoms with Crippen LogP contribution in [-0.2, 0) is 6.61 Å². The van der Waals surface area contributed by atoms with Crippen molar-refractivity contribution in [3.8, 4) is 17.0 Å². The molecule has 8 nitrogen and oxygen atoms in total. The number of aromatic nitrogens is 1. The van der Waals surface area contributed by atoms with Crippen LogP contribution in [0.4, 0.5) is 5.69 Å². The lowest BCUT2D eigenvalue weighted by Gasteiger charge is -2.12. The van der Waals surface area contributed by atoms with Crippen molar-refractivity contribution in [1.82, 2.24) is 10.4 Å². The van der Waals surface area contributed by atoms with E-state index < -0.39 is 4.92 Å². The molecule has 1 amide bonds. The summed E-state index contributed by atoms with van der Waals surface area (Å²) in [5, 5.41) is 15.9. The number of hydrogen-bond donors (Lipinski definition) is 1. The van der Waals surface area contributed by atoms with Crippen LogP contribution in [0.5, 0.6) is 5.75 Å². The lowest BCUT2D eigenvalue weighted by Crippen LogP contribution is -2.18. The Kier molecular flexibility index (Phi) is 8.65. The van der Waals surface area contributed by atoms with Gasteiger partial charge in [-0.1, -0.05) is 48.5 Å². The van der Waals surface area contributed by atoms with Crippen LogP contribution in [0.2, 0.25) is 0 Å². The number of carbonyl (C=O) groups excluding carboxylic acids is 1. The van der Waals surface area contributed by atoms with E-state index in [-0.39, 0.29) is 18.2 Å². The Labute approximate surface area is 256 Å². The minimum atomic E-state index is -0.438. The average Bonchev–Trinajstić information content (AvgIpc) is 2.96. The number of nitrogens with one attached hydrogen (secondary N) is 1. The van der Waals surface area contributed by atoms with Crippen molar-refractivity contribution < 1.29 is 14.5 Å². The number of hydrogen-bond acceptors (Lipinski definition) is 6. The zero-order valence-electron chi connectivity index (χ0n) is 20.8. The lowest BCUT2D eigenvalue weighted by atomic mass is 10.0. The number of para-hydroxylation sites is 1. The Morgan fingerprint density at radius 1 is 0.975 bits per heavy atom. The van der Waals surface area contributed by atoms with Crippen LogP contribution in [0.15, 0.2) is 102 Å². The Morgan fingerprint density at radius 2 is 1.70 bits per heavy atom. The molecule has 1 heterocycles. The number of rotatable bonds is 8. The molecule has 5 rings (SSSR count). The number of nitro groups is 1. The molecule has 1 N–H and O–H groups in total. The first kappa shape index (κ1) is 27.6. The fraction of sp³-hybridized carbons (Fsp3) is 0.0333. The smallest absolute Gasteiger partial charge is 0.272 e. The van der Waals surface area contributed by atoms with Gasteiger partial charge in [0.1, 0.15) is 12.4 Å². The van der Waals surface area contributed by atoms with E-state index in [9.17, 15) is 14.9 Å². The van der Waals surface area contributed by atoms with Gasteiger partial charge in [0.2, 0.25) is 0 Å². The topological polar surface area (TPSA) is 107 Å². The van der Waals surface area contributed by atoms with E-state index in [1.165, 1.54) is 12.1 Å². The maximum absolute atomic E-state index is 13.3. The first-order valence-electron chi connectivity index (χ1n) is 12.0. The van der Waals surface area contributed by atoms with Gasteiger partial charge in [-0.15, -0.1) is 0 Å². The number of pyridine rings is 1. The molecule has 0 bridgehead atoms. The fourth-order valence-electron chi connectivity index (χ4n) is 4.04.